The fourth-order valence-corrected chi connectivity index (χ4v) is 4.13. The van der Waals surface area contributed by atoms with Crippen LogP contribution in [0.15, 0.2) is 36.4 Å². The average molecular weight is 378 g/mol. The summed E-state index contributed by atoms with van der Waals surface area (Å²) in [5.74, 6) is 1.57. The summed E-state index contributed by atoms with van der Waals surface area (Å²) in [6.07, 6.45) is 1.93. The molecular formula is C21H22N4O3. The van der Waals surface area contributed by atoms with Crippen molar-refractivity contribution in [2.24, 2.45) is 0 Å². The standard InChI is InChI=1S/C21H22N4O3/c1-2-25-18-7-5-15(12-16(18)22-23-25)21(26)24-9-3-4-17(24)14-6-8-19-20(13-14)28-11-10-27-19/h5-8,12-13,17H,2-4,9-11H2,1H3/t17-/m0/s1. The van der Waals surface area contributed by atoms with Crippen LogP contribution in [0, 0.1) is 0 Å². The first-order valence-electron chi connectivity index (χ1n) is 9.78. The Kier molecular flexibility index (Phi) is 4.15. The maximum absolute atomic E-state index is 13.3. The highest BCUT2D eigenvalue weighted by Crippen LogP contribution is 2.38. The van der Waals surface area contributed by atoms with Crippen molar-refractivity contribution in [1.29, 1.82) is 0 Å². The molecule has 3 heterocycles. The summed E-state index contributed by atoms with van der Waals surface area (Å²) in [6, 6.07) is 11.7. The number of likely N-dealkylation sites (tertiary alicyclic amines) is 1. The topological polar surface area (TPSA) is 69.5 Å². The fourth-order valence-electron chi connectivity index (χ4n) is 4.13. The van der Waals surface area contributed by atoms with Gasteiger partial charge >= 0.3 is 0 Å². The van der Waals surface area contributed by atoms with E-state index in [4.69, 9.17) is 9.47 Å². The number of aromatic nitrogens is 3. The Hall–Kier alpha value is -3.09. The molecule has 1 amide bonds. The largest absolute Gasteiger partial charge is 0.486 e. The van der Waals surface area contributed by atoms with E-state index < -0.39 is 0 Å². The van der Waals surface area contributed by atoms with Gasteiger partial charge in [-0.05, 0) is 55.7 Å². The van der Waals surface area contributed by atoms with E-state index in [1.807, 2.05) is 52.9 Å². The molecule has 1 fully saturated rings. The molecular weight excluding hydrogens is 356 g/mol. The Bertz CT molecular complexity index is 1050. The van der Waals surface area contributed by atoms with Crippen molar-refractivity contribution in [2.45, 2.75) is 32.4 Å². The fraction of sp³-hybridized carbons (Fsp3) is 0.381. The number of aryl methyl sites for hydroxylation is 1. The second kappa shape index (κ2) is 6.82. The van der Waals surface area contributed by atoms with Crippen LogP contribution in [0.25, 0.3) is 11.0 Å². The van der Waals surface area contributed by atoms with Gasteiger partial charge < -0.3 is 14.4 Å². The molecule has 0 aliphatic carbocycles. The lowest BCUT2D eigenvalue weighted by Gasteiger charge is -2.27. The van der Waals surface area contributed by atoms with Crippen molar-refractivity contribution in [2.75, 3.05) is 19.8 Å². The lowest BCUT2D eigenvalue weighted by Crippen LogP contribution is -2.30. The minimum atomic E-state index is 0.0327. The van der Waals surface area contributed by atoms with E-state index >= 15 is 0 Å². The minimum Gasteiger partial charge on any atom is -0.486 e. The van der Waals surface area contributed by atoms with Crippen LogP contribution in [-0.2, 0) is 6.54 Å². The third-order valence-electron chi connectivity index (χ3n) is 5.53. The highest BCUT2D eigenvalue weighted by Gasteiger charge is 2.31. The van der Waals surface area contributed by atoms with Crippen molar-refractivity contribution >= 4 is 16.9 Å². The Labute approximate surface area is 162 Å². The van der Waals surface area contributed by atoms with Gasteiger partial charge in [-0.3, -0.25) is 4.79 Å². The zero-order valence-corrected chi connectivity index (χ0v) is 15.8. The number of benzene rings is 2. The van der Waals surface area contributed by atoms with Gasteiger partial charge in [0.2, 0.25) is 0 Å². The second-order valence-electron chi connectivity index (χ2n) is 7.17. The summed E-state index contributed by atoms with van der Waals surface area (Å²) in [5, 5.41) is 8.33. The van der Waals surface area contributed by atoms with Gasteiger partial charge in [-0.1, -0.05) is 11.3 Å². The van der Waals surface area contributed by atoms with Crippen LogP contribution < -0.4 is 9.47 Å². The summed E-state index contributed by atoms with van der Waals surface area (Å²) >= 11 is 0. The summed E-state index contributed by atoms with van der Waals surface area (Å²) in [6.45, 7) is 4.66. The molecule has 3 aromatic rings. The summed E-state index contributed by atoms with van der Waals surface area (Å²) in [4.78, 5) is 15.2. The molecule has 0 unspecified atom stereocenters. The molecule has 2 aliphatic rings. The number of carbonyl (C=O) groups is 1. The van der Waals surface area contributed by atoms with E-state index in [9.17, 15) is 4.79 Å². The molecule has 0 saturated carbocycles. The molecule has 2 aliphatic heterocycles. The number of nitrogens with zero attached hydrogens (tertiary/aromatic N) is 4. The number of hydrogen-bond donors (Lipinski definition) is 0. The molecule has 0 spiro atoms. The van der Waals surface area contributed by atoms with Gasteiger partial charge in [-0.15, -0.1) is 5.10 Å². The van der Waals surface area contributed by atoms with Crippen molar-refractivity contribution in [3.05, 3.63) is 47.5 Å². The monoisotopic (exact) mass is 378 g/mol. The smallest absolute Gasteiger partial charge is 0.254 e. The summed E-state index contributed by atoms with van der Waals surface area (Å²) in [7, 11) is 0. The first-order valence-corrected chi connectivity index (χ1v) is 9.78. The number of rotatable bonds is 3. The lowest BCUT2D eigenvalue weighted by atomic mass is 10.0. The first-order chi connectivity index (χ1) is 13.7. The van der Waals surface area contributed by atoms with Gasteiger partial charge in [0.05, 0.1) is 11.6 Å². The van der Waals surface area contributed by atoms with E-state index in [1.54, 1.807) is 0 Å². The molecule has 28 heavy (non-hydrogen) atoms. The number of hydrogen-bond acceptors (Lipinski definition) is 5. The zero-order chi connectivity index (χ0) is 19.1. The quantitative estimate of drug-likeness (QED) is 0.700. The van der Waals surface area contributed by atoms with Gasteiger partial charge in [0, 0.05) is 18.7 Å². The maximum Gasteiger partial charge on any atom is 0.254 e. The van der Waals surface area contributed by atoms with Crippen LogP contribution in [0.2, 0.25) is 0 Å². The van der Waals surface area contributed by atoms with Crippen molar-refractivity contribution in [1.82, 2.24) is 19.9 Å². The number of fused-ring (bicyclic) bond motifs is 2. The SMILES string of the molecule is CCn1nnc2cc(C(=O)N3CCC[C@H]3c3ccc4c(c3)OCCO4)ccc21. The van der Waals surface area contributed by atoms with Gasteiger partial charge in [0.25, 0.3) is 5.91 Å². The molecule has 0 bridgehead atoms. The molecule has 2 aromatic carbocycles. The number of carbonyl (C=O) groups excluding carboxylic acids is 1. The van der Waals surface area contributed by atoms with Crippen molar-refractivity contribution in [3.8, 4) is 11.5 Å². The Balaban J connectivity index is 1.44. The normalized spacial score (nSPS) is 18.6. The molecule has 7 nitrogen and oxygen atoms in total. The van der Waals surface area contributed by atoms with Gasteiger partial charge in [0.1, 0.15) is 18.7 Å². The Morgan fingerprint density at radius 2 is 2.00 bits per heavy atom. The van der Waals surface area contributed by atoms with E-state index in [1.165, 1.54) is 0 Å². The summed E-state index contributed by atoms with van der Waals surface area (Å²) < 4.78 is 13.2. The molecule has 1 aromatic heterocycles. The van der Waals surface area contributed by atoms with Gasteiger partial charge in [0.15, 0.2) is 11.5 Å². The predicted octanol–water partition coefficient (Wildman–Crippen LogP) is 3.20. The Morgan fingerprint density at radius 3 is 2.86 bits per heavy atom. The molecule has 1 atom stereocenters. The van der Waals surface area contributed by atoms with E-state index in [0.29, 0.717) is 18.8 Å². The minimum absolute atomic E-state index is 0.0327. The molecule has 5 rings (SSSR count). The number of amides is 1. The van der Waals surface area contributed by atoms with Gasteiger partial charge in [-0.25, -0.2) is 4.68 Å². The van der Waals surface area contributed by atoms with Crippen LogP contribution >= 0.6 is 0 Å². The molecule has 144 valence electrons. The van der Waals surface area contributed by atoms with Crippen LogP contribution in [0.5, 0.6) is 11.5 Å². The van der Waals surface area contributed by atoms with Crippen molar-refractivity contribution < 1.29 is 14.3 Å². The first kappa shape index (κ1) is 17.0. The third-order valence-corrected chi connectivity index (χ3v) is 5.53. The van der Waals surface area contributed by atoms with Crippen molar-refractivity contribution in [3.63, 3.8) is 0 Å². The van der Waals surface area contributed by atoms with Gasteiger partial charge in [-0.2, -0.15) is 0 Å². The van der Waals surface area contributed by atoms with Crippen LogP contribution in [0.1, 0.15) is 41.7 Å². The molecule has 0 N–H and O–H groups in total. The van der Waals surface area contributed by atoms with Crippen LogP contribution in [0.3, 0.4) is 0 Å². The molecule has 0 radical (unpaired) electrons. The highest BCUT2D eigenvalue weighted by atomic mass is 16.6. The molecule has 7 heteroatoms. The Morgan fingerprint density at radius 1 is 1.14 bits per heavy atom. The van der Waals surface area contributed by atoms with Crippen LogP contribution in [0.4, 0.5) is 0 Å². The molecule has 1 saturated heterocycles. The third kappa shape index (κ3) is 2.78. The second-order valence-corrected chi connectivity index (χ2v) is 7.17. The van der Waals surface area contributed by atoms with E-state index in [0.717, 1.165) is 54.0 Å². The van der Waals surface area contributed by atoms with E-state index in [-0.39, 0.29) is 11.9 Å². The van der Waals surface area contributed by atoms with E-state index in [2.05, 4.69) is 10.3 Å². The number of ether oxygens (including phenoxy) is 2. The maximum atomic E-state index is 13.3. The zero-order valence-electron chi connectivity index (χ0n) is 15.8. The average Bonchev–Trinajstić information content (AvgIpc) is 3.39. The lowest BCUT2D eigenvalue weighted by molar-refractivity contribution is 0.0735. The van der Waals surface area contributed by atoms with Crippen LogP contribution in [-0.4, -0.2) is 45.6 Å². The summed E-state index contributed by atoms with van der Waals surface area (Å²) in [5.41, 5.74) is 3.44. The highest BCUT2D eigenvalue weighted by molar-refractivity contribution is 5.97. The predicted molar refractivity (Wildman–Crippen MR) is 104 cm³/mol.